The van der Waals surface area contributed by atoms with Gasteiger partial charge in [0.15, 0.2) is 0 Å². The van der Waals surface area contributed by atoms with E-state index in [4.69, 9.17) is 0 Å². The Balaban J connectivity index is 1.46. The van der Waals surface area contributed by atoms with Gasteiger partial charge in [0.2, 0.25) is 15.7 Å². The Labute approximate surface area is 147 Å². The molecule has 1 saturated heterocycles. The second-order valence-electron chi connectivity index (χ2n) is 7.10. The first-order chi connectivity index (χ1) is 12.0. The number of hydrogen-bond donors (Lipinski definition) is 1. The smallest absolute Gasteiger partial charge is 0.211 e. The summed E-state index contributed by atoms with van der Waals surface area (Å²) >= 11 is 0. The lowest BCUT2D eigenvalue weighted by Gasteiger charge is -2.33. The minimum Gasteiger partial charge on any atom is -0.382 e. The van der Waals surface area contributed by atoms with Crippen LogP contribution in [0.2, 0.25) is 0 Å². The lowest BCUT2D eigenvalue weighted by atomic mass is 10.0. The number of aromatic nitrogens is 4. The molecule has 1 saturated carbocycles. The van der Waals surface area contributed by atoms with Gasteiger partial charge in [-0.25, -0.2) is 8.42 Å². The van der Waals surface area contributed by atoms with Gasteiger partial charge in [0.05, 0.1) is 17.6 Å². The van der Waals surface area contributed by atoms with Crippen molar-refractivity contribution in [2.24, 2.45) is 0 Å². The molecule has 1 unspecified atom stereocenters. The van der Waals surface area contributed by atoms with Crippen molar-refractivity contribution < 1.29 is 8.42 Å². The molecule has 4 rings (SSSR count). The number of piperidine rings is 1. The topological polar surface area (TPSA) is 92.5 Å². The summed E-state index contributed by atoms with van der Waals surface area (Å²) < 4.78 is 27.3. The third-order valence-corrected chi connectivity index (χ3v) is 6.41. The molecule has 0 bridgehead atoms. The molecule has 0 aromatic carbocycles. The Morgan fingerprint density at radius 2 is 2.12 bits per heavy atom. The van der Waals surface area contributed by atoms with Gasteiger partial charge in [0.25, 0.3) is 0 Å². The highest BCUT2D eigenvalue weighted by atomic mass is 32.2. The van der Waals surface area contributed by atoms with E-state index in [2.05, 4.69) is 26.7 Å². The molecule has 8 nitrogen and oxygen atoms in total. The summed E-state index contributed by atoms with van der Waals surface area (Å²) in [5, 5.41) is 16.1. The van der Waals surface area contributed by atoms with Crippen LogP contribution < -0.4 is 5.32 Å². The average molecular weight is 364 g/mol. The summed E-state index contributed by atoms with van der Waals surface area (Å²) in [7, 11) is -3.14. The van der Waals surface area contributed by atoms with E-state index in [1.165, 1.54) is 19.1 Å². The third kappa shape index (κ3) is 3.62. The van der Waals surface area contributed by atoms with Crippen molar-refractivity contribution in [2.45, 2.75) is 50.5 Å². The fourth-order valence-corrected chi connectivity index (χ4v) is 4.84. The zero-order valence-corrected chi connectivity index (χ0v) is 15.2. The zero-order chi connectivity index (χ0) is 17.4. The second kappa shape index (κ2) is 6.53. The van der Waals surface area contributed by atoms with Crippen LogP contribution in [-0.2, 0) is 10.0 Å². The Morgan fingerprint density at radius 1 is 1.28 bits per heavy atom. The summed E-state index contributed by atoms with van der Waals surface area (Å²) in [5.41, 5.74) is 2.72. The highest BCUT2D eigenvalue weighted by Crippen LogP contribution is 2.39. The molecule has 3 heterocycles. The van der Waals surface area contributed by atoms with Crippen molar-refractivity contribution in [2.75, 3.05) is 24.7 Å². The van der Waals surface area contributed by atoms with Crippen molar-refractivity contribution in [1.82, 2.24) is 24.1 Å². The predicted octanol–water partition coefficient (Wildman–Crippen LogP) is 1.62. The zero-order valence-electron chi connectivity index (χ0n) is 14.4. The number of nitrogens with zero attached hydrogens (tertiary/aromatic N) is 5. The van der Waals surface area contributed by atoms with Crippen LogP contribution in [0.25, 0.3) is 5.65 Å². The number of rotatable bonds is 6. The molecule has 9 heteroatoms. The van der Waals surface area contributed by atoms with Gasteiger partial charge in [-0.05, 0) is 38.2 Å². The highest BCUT2D eigenvalue weighted by molar-refractivity contribution is 7.88. The molecule has 1 N–H and O–H groups in total. The number of hydrogen-bond acceptors (Lipinski definition) is 6. The van der Waals surface area contributed by atoms with Crippen LogP contribution in [-0.4, -0.2) is 57.9 Å². The summed E-state index contributed by atoms with van der Waals surface area (Å²) in [4.78, 5) is 0. The molecule has 0 amide bonds. The van der Waals surface area contributed by atoms with E-state index in [1.54, 1.807) is 15.1 Å². The molecule has 2 aromatic heterocycles. The van der Waals surface area contributed by atoms with E-state index >= 15 is 0 Å². The van der Waals surface area contributed by atoms with Gasteiger partial charge >= 0.3 is 0 Å². The number of sulfonamides is 1. The van der Waals surface area contributed by atoms with Crippen LogP contribution in [0.3, 0.4) is 0 Å². The van der Waals surface area contributed by atoms with Crippen molar-refractivity contribution >= 4 is 21.4 Å². The van der Waals surface area contributed by atoms with Crippen LogP contribution in [0.15, 0.2) is 12.4 Å². The lowest BCUT2D eigenvalue weighted by Crippen LogP contribution is -2.43. The molecule has 1 aliphatic carbocycles. The van der Waals surface area contributed by atoms with Crippen LogP contribution in [0, 0.1) is 0 Å². The Bertz CT molecular complexity index is 861. The Kier molecular flexibility index (Phi) is 4.36. The maximum Gasteiger partial charge on any atom is 0.211 e. The molecule has 25 heavy (non-hydrogen) atoms. The molecule has 1 aliphatic heterocycles. The van der Waals surface area contributed by atoms with E-state index < -0.39 is 10.0 Å². The predicted molar refractivity (Wildman–Crippen MR) is 95.1 cm³/mol. The third-order valence-electron chi connectivity index (χ3n) is 5.07. The highest BCUT2D eigenvalue weighted by Gasteiger charge is 2.29. The van der Waals surface area contributed by atoms with E-state index in [1.807, 2.05) is 0 Å². The van der Waals surface area contributed by atoms with E-state index in [0.29, 0.717) is 24.7 Å². The van der Waals surface area contributed by atoms with Crippen LogP contribution >= 0.6 is 0 Å². The molecule has 0 spiro atoms. The maximum atomic E-state index is 12.0. The Morgan fingerprint density at radius 3 is 2.88 bits per heavy atom. The first kappa shape index (κ1) is 16.7. The molecule has 1 atom stereocenters. The van der Waals surface area contributed by atoms with E-state index in [9.17, 15) is 8.42 Å². The molecule has 0 radical (unpaired) electrons. The standard InChI is InChI=1S/C16H24N6O2S/c1-25(23,24)22-9-3-2-4-13(22)7-8-17-15-10-14(12-5-6-12)20-21-11-18-19-16(15)21/h10-13,17H,2-9H2,1H3. The van der Waals surface area contributed by atoms with E-state index in [-0.39, 0.29) is 6.04 Å². The summed E-state index contributed by atoms with van der Waals surface area (Å²) in [6.07, 6.45) is 9.06. The quantitative estimate of drug-likeness (QED) is 0.837. The van der Waals surface area contributed by atoms with Gasteiger partial charge in [-0.1, -0.05) is 6.42 Å². The minimum atomic E-state index is -3.14. The SMILES string of the molecule is CS(=O)(=O)N1CCCCC1CCNc1cc(C2CC2)nn2cnnc12. The van der Waals surface area contributed by atoms with E-state index in [0.717, 1.165) is 37.1 Å². The number of anilines is 1. The van der Waals surface area contributed by atoms with Crippen LogP contribution in [0.5, 0.6) is 0 Å². The van der Waals surface area contributed by atoms with Gasteiger partial charge in [-0.3, -0.25) is 0 Å². The fourth-order valence-electron chi connectivity index (χ4n) is 3.63. The normalized spacial score (nSPS) is 22.4. The summed E-state index contributed by atoms with van der Waals surface area (Å²) in [5.74, 6) is 0.548. The van der Waals surface area contributed by atoms with Crippen molar-refractivity contribution in [1.29, 1.82) is 0 Å². The average Bonchev–Trinajstić information content (AvgIpc) is 3.32. The van der Waals surface area contributed by atoms with Crippen molar-refractivity contribution in [3.63, 3.8) is 0 Å². The van der Waals surface area contributed by atoms with Gasteiger partial charge < -0.3 is 5.32 Å². The Hall–Kier alpha value is -1.74. The monoisotopic (exact) mass is 364 g/mol. The number of fused-ring (bicyclic) bond motifs is 1. The number of nitrogens with one attached hydrogen (secondary N) is 1. The van der Waals surface area contributed by atoms with Crippen molar-refractivity contribution in [3.05, 3.63) is 18.1 Å². The first-order valence-electron chi connectivity index (χ1n) is 8.94. The van der Waals surface area contributed by atoms with Gasteiger partial charge in [0, 0.05) is 25.0 Å². The fraction of sp³-hybridized carbons (Fsp3) is 0.688. The lowest BCUT2D eigenvalue weighted by molar-refractivity contribution is 0.246. The van der Waals surface area contributed by atoms with Crippen LogP contribution in [0.4, 0.5) is 5.69 Å². The first-order valence-corrected chi connectivity index (χ1v) is 10.8. The summed E-state index contributed by atoms with van der Waals surface area (Å²) in [6, 6.07) is 2.14. The second-order valence-corrected chi connectivity index (χ2v) is 9.03. The van der Waals surface area contributed by atoms with Gasteiger partial charge in [-0.2, -0.15) is 13.9 Å². The van der Waals surface area contributed by atoms with Crippen molar-refractivity contribution in [3.8, 4) is 0 Å². The molecular formula is C16H24N6O2S. The molecule has 136 valence electrons. The van der Waals surface area contributed by atoms with Crippen LogP contribution in [0.1, 0.15) is 50.1 Å². The van der Waals surface area contributed by atoms with Gasteiger partial charge in [0.1, 0.15) is 6.33 Å². The molecule has 2 fully saturated rings. The largest absolute Gasteiger partial charge is 0.382 e. The minimum absolute atomic E-state index is 0.0786. The molecular weight excluding hydrogens is 340 g/mol. The molecule has 2 aromatic rings. The maximum absolute atomic E-state index is 12.0. The summed E-state index contributed by atoms with van der Waals surface area (Å²) in [6.45, 7) is 1.34. The van der Waals surface area contributed by atoms with Gasteiger partial charge in [-0.15, -0.1) is 10.2 Å². The molecule has 2 aliphatic rings.